The second-order valence-corrected chi connectivity index (χ2v) is 11.4. The molecule has 0 aliphatic carbocycles. The SMILES string of the molecule is C=CCN(C(=O)C1N([C@H](CO)c2ccccc2)C(=O)[C@@H]2[C@@H](C(=O)OCC)[C@]3(C)OC12CC3C)c1ccccc1Cl. The van der Waals surface area contributed by atoms with Gasteiger partial charge in [0.15, 0.2) is 0 Å². The number of benzene rings is 2. The van der Waals surface area contributed by atoms with Crippen molar-refractivity contribution in [3.05, 3.63) is 77.8 Å². The number of amides is 2. The number of aliphatic hydroxyl groups is 1. The third kappa shape index (κ3) is 4.07. The maximum atomic E-state index is 14.8. The normalized spacial score (nSPS) is 31.1. The summed E-state index contributed by atoms with van der Waals surface area (Å²) in [6.07, 6.45) is 1.98. The fourth-order valence-corrected chi connectivity index (χ4v) is 7.40. The highest BCUT2D eigenvalue weighted by molar-refractivity contribution is 6.34. The van der Waals surface area contributed by atoms with Crippen LogP contribution in [0.2, 0.25) is 5.02 Å². The predicted octanol–water partition coefficient (Wildman–Crippen LogP) is 4.17. The summed E-state index contributed by atoms with van der Waals surface area (Å²) in [4.78, 5) is 45.7. The third-order valence-corrected chi connectivity index (χ3v) is 9.26. The van der Waals surface area contributed by atoms with E-state index in [4.69, 9.17) is 21.1 Å². The lowest BCUT2D eigenvalue weighted by molar-refractivity contribution is -0.162. The third-order valence-electron chi connectivity index (χ3n) is 8.94. The molecule has 0 saturated carbocycles. The summed E-state index contributed by atoms with van der Waals surface area (Å²) in [6, 6.07) is 14.1. The number of aliphatic hydroxyl groups excluding tert-OH is 1. The highest BCUT2D eigenvalue weighted by atomic mass is 35.5. The summed E-state index contributed by atoms with van der Waals surface area (Å²) in [5, 5.41) is 11.0. The molecule has 2 amide bonds. The van der Waals surface area contributed by atoms with Gasteiger partial charge in [0, 0.05) is 6.54 Å². The van der Waals surface area contributed by atoms with Crippen LogP contribution in [0, 0.1) is 17.8 Å². The van der Waals surface area contributed by atoms with Gasteiger partial charge in [-0.1, -0.05) is 67.1 Å². The molecule has 3 unspecified atom stereocenters. The Kier molecular flexibility index (Phi) is 7.54. The van der Waals surface area contributed by atoms with E-state index in [-0.39, 0.29) is 19.1 Å². The highest BCUT2D eigenvalue weighted by Gasteiger charge is 2.81. The standard InChI is InChI=1S/C31H35ClN2O6/c1-5-16-33(22-15-11-10-14-21(22)32)28(37)26-31-17-19(3)30(4,40-31)25(29(38)39-6-2)24(31)27(36)34(26)23(18-35)20-12-8-7-9-13-20/h5,7-15,19,23-26,35H,1,6,16-18H2,2-4H3/t19?,23-,24+,25+,26?,30-,31?/m1/s1. The van der Waals surface area contributed by atoms with Gasteiger partial charge in [-0.3, -0.25) is 14.4 Å². The van der Waals surface area contributed by atoms with Crippen molar-refractivity contribution >= 4 is 35.1 Å². The Bertz CT molecular complexity index is 1320. The van der Waals surface area contributed by atoms with E-state index in [1.807, 2.05) is 44.2 Å². The second-order valence-electron chi connectivity index (χ2n) is 11.0. The van der Waals surface area contributed by atoms with Crippen molar-refractivity contribution in [2.45, 2.75) is 50.5 Å². The highest BCUT2D eigenvalue weighted by Crippen LogP contribution is 2.66. The Morgan fingerprint density at radius 2 is 1.93 bits per heavy atom. The summed E-state index contributed by atoms with van der Waals surface area (Å²) in [5.74, 6) is -3.33. The van der Waals surface area contributed by atoms with Gasteiger partial charge < -0.3 is 24.4 Å². The molecule has 212 valence electrons. The van der Waals surface area contributed by atoms with E-state index < -0.39 is 59.5 Å². The van der Waals surface area contributed by atoms with Crippen molar-refractivity contribution in [3.8, 4) is 0 Å². The van der Waals surface area contributed by atoms with E-state index in [0.717, 1.165) is 0 Å². The fourth-order valence-electron chi connectivity index (χ4n) is 7.17. The molecule has 2 aromatic carbocycles. The average Bonchev–Trinajstić information content (AvgIpc) is 3.45. The molecule has 2 bridgehead atoms. The van der Waals surface area contributed by atoms with Crippen LogP contribution in [0.5, 0.6) is 0 Å². The van der Waals surface area contributed by atoms with Crippen LogP contribution in [-0.4, -0.2) is 64.8 Å². The molecular weight excluding hydrogens is 532 g/mol. The quantitative estimate of drug-likeness (QED) is 0.362. The van der Waals surface area contributed by atoms with Crippen molar-refractivity contribution in [1.82, 2.24) is 4.90 Å². The molecule has 3 saturated heterocycles. The van der Waals surface area contributed by atoms with Crippen LogP contribution in [-0.2, 0) is 23.9 Å². The molecule has 40 heavy (non-hydrogen) atoms. The van der Waals surface area contributed by atoms with Gasteiger partial charge in [0.2, 0.25) is 5.91 Å². The van der Waals surface area contributed by atoms with Gasteiger partial charge in [0.25, 0.3) is 5.91 Å². The second kappa shape index (κ2) is 10.7. The van der Waals surface area contributed by atoms with E-state index in [2.05, 4.69) is 6.58 Å². The summed E-state index contributed by atoms with van der Waals surface area (Å²) < 4.78 is 12.2. The number of para-hydroxylation sites is 1. The number of esters is 1. The van der Waals surface area contributed by atoms with Crippen molar-refractivity contribution < 1.29 is 29.0 Å². The number of anilines is 1. The van der Waals surface area contributed by atoms with Gasteiger partial charge in [0.05, 0.1) is 41.5 Å². The molecule has 7 atom stereocenters. The number of likely N-dealkylation sites (tertiary alicyclic amines) is 1. The van der Waals surface area contributed by atoms with Gasteiger partial charge in [-0.15, -0.1) is 6.58 Å². The first kappa shape index (κ1) is 28.3. The lowest BCUT2D eigenvalue weighted by Crippen LogP contribution is -2.57. The van der Waals surface area contributed by atoms with Crippen LogP contribution in [0.1, 0.15) is 38.8 Å². The van der Waals surface area contributed by atoms with E-state index in [9.17, 15) is 19.5 Å². The van der Waals surface area contributed by atoms with E-state index in [1.54, 1.807) is 37.3 Å². The molecule has 3 aliphatic heterocycles. The number of carbonyl (C=O) groups excluding carboxylic acids is 3. The van der Waals surface area contributed by atoms with Crippen LogP contribution in [0.3, 0.4) is 0 Å². The molecule has 1 spiro atoms. The Hall–Kier alpha value is -3.20. The van der Waals surface area contributed by atoms with E-state index in [0.29, 0.717) is 22.7 Å². The van der Waals surface area contributed by atoms with Crippen LogP contribution in [0.4, 0.5) is 5.69 Å². The predicted molar refractivity (Wildman–Crippen MR) is 151 cm³/mol. The molecular formula is C31H35ClN2O6. The molecule has 2 aromatic rings. The Morgan fingerprint density at radius 3 is 2.55 bits per heavy atom. The lowest BCUT2D eigenvalue weighted by Gasteiger charge is -2.39. The number of ether oxygens (including phenoxy) is 2. The number of nitrogens with zero attached hydrogens (tertiary/aromatic N) is 2. The van der Waals surface area contributed by atoms with Crippen molar-refractivity contribution in [2.24, 2.45) is 17.8 Å². The monoisotopic (exact) mass is 566 g/mol. The zero-order chi connectivity index (χ0) is 28.8. The minimum Gasteiger partial charge on any atom is -0.466 e. The van der Waals surface area contributed by atoms with Gasteiger partial charge in [0.1, 0.15) is 17.6 Å². The molecule has 1 N–H and O–H groups in total. The topological polar surface area (TPSA) is 96.4 Å². The molecule has 8 nitrogen and oxygen atoms in total. The number of rotatable bonds is 9. The van der Waals surface area contributed by atoms with Gasteiger partial charge in [-0.05, 0) is 43.9 Å². The summed E-state index contributed by atoms with van der Waals surface area (Å²) >= 11 is 6.55. The lowest BCUT2D eigenvalue weighted by atomic mass is 9.62. The Balaban J connectivity index is 1.71. The minimum atomic E-state index is -1.30. The minimum absolute atomic E-state index is 0.130. The smallest absolute Gasteiger partial charge is 0.312 e. The number of hydrogen-bond acceptors (Lipinski definition) is 6. The molecule has 3 heterocycles. The first-order valence-electron chi connectivity index (χ1n) is 13.7. The molecule has 9 heteroatoms. The average molecular weight is 567 g/mol. The summed E-state index contributed by atoms with van der Waals surface area (Å²) in [7, 11) is 0. The summed E-state index contributed by atoms with van der Waals surface area (Å²) in [6.45, 7) is 9.23. The maximum absolute atomic E-state index is 14.8. The maximum Gasteiger partial charge on any atom is 0.312 e. The number of carbonyl (C=O) groups is 3. The van der Waals surface area contributed by atoms with Crippen molar-refractivity contribution in [3.63, 3.8) is 0 Å². The van der Waals surface area contributed by atoms with Gasteiger partial charge in [-0.25, -0.2) is 0 Å². The Labute approximate surface area is 239 Å². The van der Waals surface area contributed by atoms with Crippen LogP contribution in [0.15, 0.2) is 67.3 Å². The molecule has 0 radical (unpaired) electrons. The Morgan fingerprint density at radius 1 is 1.25 bits per heavy atom. The molecule has 5 rings (SSSR count). The molecule has 3 aliphatic rings. The van der Waals surface area contributed by atoms with Gasteiger partial charge >= 0.3 is 5.97 Å². The first-order chi connectivity index (χ1) is 19.2. The van der Waals surface area contributed by atoms with E-state index >= 15 is 0 Å². The zero-order valence-corrected chi connectivity index (χ0v) is 23.7. The van der Waals surface area contributed by atoms with Crippen LogP contribution >= 0.6 is 11.6 Å². The summed E-state index contributed by atoms with van der Waals surface area (Å²) in [5.41, 5.74) is -1.16. The molecule has 0 aromatic heterocycles. The van der Waals surface area contributed by atoms with Gasteiger partial charge in [-0.2, -0.15) is 0 Å². The number of hydrogen-bond donors (Lipinski definition) is 1. The largest absolute Gasteiger partial charge is 0.466 e. The van der Waals surface area contributed by atoms with Crippen molar-refractivity contribution in [2.75, 3.05) is 24.7 Å². The van der Waals surface area contributed by atoms with Crippen molar-refractivity contribution in [1.29, 1.82) is 0 Å². The number of fused-ring (bicyclic) bond motifs is 1. The van der Waals surface area contributed by atoms with Crippen LogP contribution < -0.4 is 4.90 Å². The zero-order valence-electron chi connectivity index (χ0n) is 23.0. The fraction of sp³-hybridized carbons (Fsp3) is 0.452. The van der Waals surface area contributed by atoms with Crippen LogP contribution in [0.25, 0.3) is 0 Å². The molecule has 3 fully saturated rings. The number of halogens is 1. The van der Waals surface area contributed by atoms with E-state index in [1.165, 1.54) is 9.80 Å². The first-order valence-corrected chi connectivity index (χ1v) is 14.1.